The molecule has 0 aromatic heterocycles. The summed E-state index contributed by atoms with van der Waals surface area (Å²) in [6.45, 7) is 4.69. The molecule has 0 atom stereocenters. The van der Waals surface area contributed by atoms with Crippen molar-refractivity contribution >= 4 is 30.0 Å². The van der Waals surface area contributed by atoms with Gasteiger partial charge in [0.25, 0.3) is 0 Å². The van der Waals surface area contributed by atoms with Gasteiger partial charge in [0, 0.05) is 5.88 Å². The fraction of sp³-hybridized carbons (Fsp3) is 1.00. The molecule has 50 valence electrons. The van der Waals surface area contributed by atoms with Crippen LogP contribution in [0.5, 0.6) is 0 Å². The van der Waals surface area contributed by atoms with E-state index in [0.29, 0.717) is 0 Å². The number of hydrogen-bond acceptors (Lipinski definition) is 1. The minimum Gasteiger partial charge on any atom is -0.189 e. The molecule has 0 rings (SSSR count). The monoisotopic (exact) mass is 168 g/mol. The molecule has 3 heteroatoms. The van der Waals surface area contributed by atoms with Gasteiger partial charge in [0.05, 0.1) is 0 Å². The summed E-state index contributed by atoms with van der Waals surface area (Å²) in [6.07, 6.45) is 2.18. The van der Waals surface area contributed by atoms with Crippen molar-refractivity contribution in [2.45, 2.75) is 19.1 Å². The van der Waals surface area contributed by atoms with E-state index in [4.69, 9.17) is 11.6 Å². The second-order valence-corrected chi connectivity index (χ2v) is 11.7. The predicted molar refractivity (Wildman–Crippen MR) is 46.5 cm³/mol. The number of halogens is 1. The quantitative estimate of drug-likeness (QED) is 0.462. The van der Waals surface area contributed by atoms with Gasteiger partial charge in [-0.3, -0.25) is 0 Å². The van der Waals surface area contributed by atoms with Crippen LogP contribution < -0.4 is 0 Å². The second kappa shape index (κ2) is 3.80. The van der Waals surface area contributed by atoms with Crippen LogP contribution in [0.2, 0.25) is 19.1 Å². The lowest BCUT2D eigenvalue weighted by molar-refractivity contribution is 1.41. The summed E-state index contributed by atoms with van der Waals surface area (Å²) in [5.74, 6) is 0.833. The van der Waals surface area contributed by atoms with Gasteiger partial charge in [-0.05, 0) is 12.3 Å². The highest BCUT2D eigenvalue weighted by Crippen LogP contribution is 2.21. The van der Waals surface area contributed by atoms with E-state index in [-0.39, 0.29) is 0 Å². The van der Waals surface area contributed by atoms with E-state index in [1.807, 2.05) is 11.2 Å². The third-order valence-electron chi connectivity index (χ3n) is 1.25. The van der Waals surface area contributed by atoms with Gasteiger partial charge >= 0.3 is 0 Å². The highest BCUT2D eigenvalue weighted by atomic mass is 35.5. The van der Waals surface area contributed by atoms with Gasteiger partial charge in [0.1, 0.15) is 7.22 Å². The molecule has 8 heavy (non-hydrogen) atoms. The zero-order valence-corrected chi connectivity index (χ0v) is 8.27. The van der Waals surface area contributed by atoms with Crippen molar-refractivity contribution in [3.8, 4) is 0 Å². The zero-order chi connectivity index (χ0) is 6.62. The molecular formula is C5H13ClSSi. The lowest BCUT2D eigenvalue weighted by Crippen LogP contribution is -2.19. The molecule has 0 amide bonds. The maximum absolute atomic E-state index is 5.59. The van der Waals surface area contributed by atoms with Gasteiger partial charge in [0.15, 0.2) is 0 Å². The lowest BCUT2D eigenvalue weighted by Gasteiger charge is -2.16. The Kier molecular flexibility index (Phi) is 4.21. The van der Waals surface area contributed by atoms with Gasteiger partial charge in [-0.25, -0.2) is 0 Å². The third kappa shape index (κ3) is 3.81. The molecule has 0 aliphatic carbocycles. The first-order valence-corrected chi connectivity index (χ1v) is 8.42. The van der Waals surface area contributed by atoms with Crippen LogP contribution in [0.15, 0.2) is 0 Å². The lowest BCUT2D eigenvalue weighted by atomic mass is 11.0. The molecule has 0 aliphatic heterocycles. The molecule has 0 N–H and O–H groups in total. The molecule has 0 unspecified atom stereocenters. The molecule has 0 aromatic rings. The fourth-order valence-corrected chi connectivity index (χ4v) is 3.66. The van der Waals surface area contributed by atoms with Crippen LogP contribution in [0.3, 0.4) is 0 Å². The Morgan fingerprint density at radius 1 is 1.50 bits per heavy atom. The molecule has 0 heterocycles. The van der Waals surface area contributed by atoms with Gasteiger partial charge in [-0.1, -0.05) is 13.1 Å². The van der Waals surface area contributed by atoms with Crippen molar-refractivity contribution in [2.75, 3.05) is 12.1 Å². The molecule has 0 saturated heterocycles. The molecule has 0 radical (unpaired) electrons. The molecule has 0 fully saturated rings. The Morgan fingerprint density at radius 3 is 2.12 bits per heavy atom. The molecule has 0 saturated carbocycles. The zero-order valence-electron chi connectivity index (χ0n) is 5.70. The average molecular weight is 169 g/mol. The van der Waals surface area contributed by atoms with Gasteiger partial charge < -0.3 is 0 Å². The topological polar surface area (TPSA) is 0 Å². The normalized spacial score (nSPS) is 12.0. The third-order valence-corrected chi connectivity index (χ3v) is 8.24. The first kappa shape index (κ1) is 8.86. The van der Waals surface area contributed by atoms with Crippen LogP contribution in [-0.4, -0.2) is 19.4 Å². The molecule has 0 aliphatic rings. The Labute approximate surface area is 61.6 Å². The number of rotatable bonds is 3. The van der Waals surface area contributed by atoms with Crippen molar-refractivity contribution in [2.24, 2.45) is 0 Å². The standard InChI is InChI=1S/C5H13ClSSi/c1-7-8(2,3)5-4-6/h4-5H2,1-3H3. The first-order chi connectivity index (χ1) is 3.62. The van der Waals surface area contributed by atoms with E-state index < -0.39 is 7.22 Å². The largest absolute Gasteiger partial charge is 0.189 e. The summed E-state index contributed by atoms with van der Waals surface area (Å²) in [4.78, 5) is 0. The highest BCUT2D eigenvalue weighted by Gasteiger charge is 2.16. The van der Waals surface area contributed by atoms with Crippen molar-refractivity contribution in [3.63, 3.8) is 0 Å². The van der Waals surface area contributed by atoms with Crippen LogP contribution in [0.1, 0.15) is 0 Å². The van der Waals surface area contributed by atoms with Crippen LogP contribution in [0.4, 0.5) is 0 Å². The van der Waals surface area contributed by atoms with Crippen LogP contribution >= 0.6 is 22.8 Å². The van der Waals surface area contributed by atoms with E-state index in [0.717, 1.165) is 5.88 Å². The van der Waals surface area contributed by atoms with Crippen LogP contribution in [0, 0.1) is 0 Å². The minimum absolute atomic E-state index is 0.833. The maximum atomic E-state index is 5.59. The Hall–Kier alpha value is 0.857. The minimum atomic E-state index is -0.893. The van der Waals surface area contributed by atoms with E-state index in [9.17, 15) is 0 Å². The van der Waals surface area contributed by atoms with E-state index in [1.54, 1.807) is 0 Å². The second-order valence-electron chi connectivity index (χ2n) is 2.40. The van der Waals surface area contributed by atoms with E-state index in [2.05, 4.69) is 19.3 Å². The molecule has 0 spiro atoms. The van der Waals surface area contributed by atoms with Crippen LogP contribution in [0.25, 0.3) is 0 Å². The van der Waals surface area contributed by atoms with Crippen molar-refractivity contribution in [1.29, 1.82) is 0 Å². The fourth-order valence-electron chi connectivity index (χ4n) is 0.330. The van der Waals surface area contributed by atoms with E-state index in [1.165, 1.54) is 6.04 Å². The number of hydrogen-bond donors (Lipinski definition) is 0. The first-order valence-electron chi connectivity index (χ1n) is 2.73. The summed E-state index contributed by atoms with van der Waals surface area (Å²) >= 11 is 7.59. The molecule has 0 nitrogen and oxygen atoms in total. The molecular weight excluding hydrogens is 156 g/mol. The number of alkyl halides is 1. The maximum Gasteiger partial charge on any atom is 0.112 e. The highest BCUT2D eigenvalue weighted by molar-refractivity contribution is 8.28. The van der Waals surface area contributed by atoms with Gasteiger partial charge in [-0.15, -0.1) is 11.6 Å². The molecule has 0 aromatic carbocycles. The molecule has 0 bridgehead atoms. The van der Waals surface area contributed by atoms with Gasteiger partial charge in [0.2, 0.25) is 0 Å². The van der Waals surface area contributed by atoms with Crippen molar-refractivity contribution < 1.29 is 0 Å². The summed E-state index contributed by atoms with van der Waals surface area (Å²) in [7, 11) is -0.893. The Balaban J connectivity index is 3.37. The van der Waals surface area contributed by atoms with Gasteiger partial charge in [-0.2, -0.15) is 11.2 Å². The van der Waals surface area contributed by atoms with Crippen molar-refractivity contribution in [1.82, 2.24) is 0 Å². The summed E-state index contributed by atoms with van der Waals surface area (Å²) in [5.41, 5.74) is 0. The predicted octanol–water partition coefficient (Wildman–Crippen LogP) is 2.79. The Morgan fingerprint density at radius 2 is 2.00 bits per heavy atom. The van der Waals surface area contributed by atoms with Crippen LogP contribution in [-0.2, 0) is 0 Å². The smallest absolute Gasteiger partial charge is 0.112 e. The summed E-state index contributed by atoms with van der Waals surface area (Å²) < 4.78 is 0. The van der Waals surface area contributed by atoms with Crippen molar-refractivity contribution in [3.05, 3.63) is 0 Å². The summed E-state index contributed by atoms with van der Waals surface area (Å²) in [5, 5.41) is 0. The average Bonchev–Trinajstić information content (AvgIpc) is 1.67. The Bertz CT molecular complexity index is 65.4. The SMILES string of the molecule is CS[Si](C)(C)CCCl. The van der Waals surface area contributed by atoms with E-state index >= 15 is 0 Å². The summed E-state index contributed by atoms with van der Waals surface area (Å²) in [6, 6.07) is 1.23.